The summed E-state index contributed by atoms with van der Waals surface area (Å²) in [6, 6.07) is 8.83. The molecule has 2 bridgehead atoms. The van der Waals surface area contributed by atoms with E-state index in [9.17, 15) is 0 Å². The summed E-state index contributed by atoms with van der Waals surface area (Å²) in [6.07, 6.45) is 6.60. The minimum atomic E-state index is 0.904. The smallest absolute Gasteiger partial charge is 0.0458 e. The van der Waals surface area contributed by atoms with Gasteiger partial charge in [0.15, 0.2) is 0 Å². The second-order valence-corrected chi connectivity index (χ2v) is 7.05. The molecule has 0 spiro atoms. The van der Waals surface area contributed by atoms with E-state index in [-0.39, 0.29) is 0 Å². The third-order valence-electron chi connectivity index (χ3n) is 5.66. The van der Waals surface area contributed by atoms with Crippen LogP contribution in [0.4, 0.5) is 0 Å². The summed E-state index contributed by atoms with van der Waals surface area (Å²) in [5, 5.41) is 1.46. The average Bonchev–Trinajstić information content (AvgIpc) is 2.89. The van der Waals surface area contributed by atoms with Gasteiger partial charge >= 0.3 is 0 Å². The number of nitrogens with one attached hydrogen (secondary N) is 1. The zero-order valence-corrected chi connectivity index (χ0v) is 13.1. The van der Waals surface area contributed by atoms with E-state index < -0.39 is 0 Å². The number of aromatic nitrogens is 1. The lowest BCUT2D eigenvalue weighted by Crippen LogP contribution is -2.41. The topological polar surface area (TPSA) is 19.0 Å². The van der Waals surface area contributed by atoms with Crippen LogP contribution in [0.1, 0.15) is 37.4 Å². The van der Waals surface area contributed by atoms with Gasteiger partial charge in [0.25, 0.3) is 0 Å². The quantitative estimate of drug-likeness (QED) is 0.837. The fourth-order valence-corrected chi connectivity index (χ4v) is 4.49. The summed E-state index contributed by atoms with van der Waals surface area (Å²) in [4.78, 5) is 6.43. The number of fused-ring (bicyclic) bond motifs is 5. The second kappa shape index (κ2) is 5.49. The highest BCUT2D eigenvalue weighted by atomic mass is 15.1. The maximum absolute atomic E-state index is 3.70. The molecule has 0 aliphatic carbocycles. The number of nitrogens with zero attached hydrogens (tertiary/aromatic N) is 1. The van der Waals surface area contributed by atoms with Crippen LogP contribution in [-0.4, -0.2) is 29.5 Å². The van der Waals surface area contributed by atoms with E-state index in [1.165, 1.54) is 68.3 Å². The summed E-state index contributed by atoms with van der Waals surface area (Å²) in [5.41, 5.74) is 4.43. The molecule has 4 rings (SSSR count). The van der Waals surface area contributed by atoms with Crippen LogP contribution in [0, 0.1) is 11.8 Å². The highest BCUT2D eigenvalue weighted by Gasteiger charge is 2.28. The van der Waals surface area contributed by atoms with Crippen LogP contribution >= 0.6 is 0 Å². The van der Waals surface area contributed by atoms with Crippen molar-refractivity contribution in [2.24, 2.45) is 11.8 Å². The molecule has 1 fully saturated rings. The van der Waals surface area contributed by atoms with Gasteiger partial charge < -0.3 is 9.88 Å². The molecule has 112 valence electrons. The normalized spacial score (nSPS) is 29.5. The molecule has 1 aromatic heterocycles. The standard InChI is InChI=1S/C19H26N2/c1-2-14-11-15-7-8-19-17(9-10-21(12-14)13-15)16-5-3-4-6-18(16)20-19/h3-6,14-15,20H,2,7-13H2,1H3/t14-,15+/m0/s1. The fraction of sp³-hybridized carbons (Fsp3) is 0.579. The number of benzene rings is 1. The number of hydrogen-bond acceptors (Lipinski definition) is 1. The highest BCUT2D eigenvalue weighted by molar-refractivity contribution is 5.84. The summed E-state index contributed by atoms with van der Waals surface area (Å²) in [7, 11) is 0. The van der Waals surface area contributed by atoms with E-state index >= 15 is 0 Å². The minimum absolute atomic E-state index is 0.904. The first-order chi connectivity index (χ1) is 10.3. The summed E-state index contributed by atoms with van der Waals surface area (Å²) in [5.74, 6) is 1.83. The Morgan fingerprint density at radius 3 is 3.00 bits per heavy atom. The number of para-hydroxylation sites is 1. The van der Waals surface area contributed by atoms with Crippen molar-refractivity contribution in [3.05, 3.63) is 35.5 Å². The monoisotopic (exact) mass is 282 g/mol. The SMILES string of the molecule is CC[C@H]1C[C@H]2CCc3[nH]c4ccccc4c3CCN(C2)C1. The highest BCUT2D eigenvalue weighted by Crippen LogP contribution is 2.32. The van der Waals surface area contributed by atoms with Crippen LogP contribution in [0.5, 0.6) is 0 Å². The Kier molecular flexibility index (Phi) is 3.50. The number of aromatic amines is 1. The van der Waals surface area contributed by atoms with Crippen molar-refractivity contribution in [1.82, 2.24) is 9.88 Å². The Labute approximate surface area is 127 Å². The Balaban J connectivity index is 1.66. The molecule has 1 saturated heterocycles. The number of H-pyrrole nitrogens is 1. The molecule has 0 amide bonds. The van der Waals surface area contributed by atoms with Gasteiger partial charge in [-0.3, -0.25) is 0 Å². The molecule has 2 aromatic rings. The Morgan fingerprint density at radius 2 is 2.10 bits per heavy atom. The van der Waals surface area contributed by atoms with Crippen molar-refractivity contribution in [3.8, 4) is 0 Å². The molecule has 3 atom stereocenters. The molecular formula is C19H26N2. The third-order valence-corrected chi connectivity index (χ3v) is 5.66. The van der Waals surface area contributed by atoms with E-state index in [1.54, 1.807) is 5.56 Å². The predicted octanol–water partition coefficient (Wildman–Crippen LogP) is 4.00. The van der Waals surface area contributed by atoms with Crippen LogP contribution in [-0.2, 0) is 12.8 Å². The molecular weight excluding hydrogens is 256 g/mol. The molecule has 21 heavy (non-hydrogen) atoms. The van der Waals surface area contributed by atoms with Gasteiger partial charge in [0.05, 0.1) is 0 Å². The van der Waals surface area contributed by atoms with E-state index in [0.29, 0.717) is 0 Å². The first-order valence-corrected chi connectivity index (χ1v) is 8.64. The molecule has 1 unspecified atom stereocenters. The molecule has 0 saturated carbocycles. The van der Waals surface area contributed by atoms with Crippen molar-refractivity contribution >= 4 is 10.9 Å². The Bertz CT molecular complexity index is 628. The van der Waals surface area contributed by atoms with Crippen molar-refractivity contribution in [1.29, 1.82) is 0 Å². The molecule has 1 N–H and O–H groups in total. The van der Waals surface area contributed by atoms with Crippen LogP contribution in [0.25, 0.3) is 10.9 Å². The van der Waals surface area contributed by atoms with Gasteiger partial charge in [0.1, 0.15) is 0 Å². The van der Waals surface area contributed by atoms with E-state index in [4.69, 9.17) is 0 Å². The Morgan fingerprint density at radius 1 is 1.19 bits per heavy atom. The second-order valence-electron chi connectivity index (χ2n) is 7.05. The van der Waals surface area contributed by atoms with E-state index in [1.807, 2.05) is 0 Å². The largest absolute Gasteiger partial charge is 0.358 e. The van der Waals surface area contributed by atoms with Crippen LogP contribution < -0.4 is 0 Å². The summed E-state index contributed by atoms with van der Waals surface area (Å²) >= 11 is 0. The molecule has 2 nitrogen and oxygen atoms in total. The number of hydrogen-bond donors (Lipinski definition) is 1. The van der Waals surface area contributed by atoms with Crippen molar-refractivity contribution in [2.75, 3.05) is 19.6 Å². The van der Waals surface area contributed by atoms with Gasteiger partial charge in [-0.15, -0.1) is 0 Å². The van der Waals surface area contributed by atoms with E-state index in [0.717, 1.165) is 11.8 Å². The zero-order chi connectivity index (χ0) is 14.2. The lowest BCUT2D eigenvalue weighted by atomic mass is 9.85. The molecule has 3 heterocycles. The van der Waals surface area contributed by atoms with Crippen LogP contribution in [0.2, 0.25) is 0 Å². The van der Waals surface area contributed by atoms with Gasteiger partial charge in [0.2, 0.25) is 0 Å². The fourth-order valence-electron chi connectivity index (χ4n) is 4.49. The predicted molar refractivity (Wildman–Crippen MR) is 88.7 cm³/mol. The molecule has 0 radical (unpaired) electrons. The van der Waals surface area contributed by atoms with Gasteiger partial charge in [0, 0.05) is 36.2 Å². The maximum atomic E-state index is 3.70. The average molecular weight is 282 g/mol. The van der Waals surface area contributed by atoms with Gasteiger partial charge in [-0.1, -0.05) is 31.5 Å². The van der Waals surface area contributed by atoms with Gasteiger partial charge in [-0.25, -0.2) is 0 Å². The molecule has 1 aromatic carbocycles. The summed E-state index contributed by atoms with van der Waals surface area (Å²) in [6.45, 7) is 6.26. The van der Waals surface area contributed by atoms with Crippen molar-refractivity contribution < 1.29 is 0 Å². The van der Waals surface area contributed by atoms with Gasteiger partial charge in [-0.2, -0.15) is 0 Å². The number of piperidine rings is 1. The molecule has 2 aliphatic heterocycles. The third kappa shape index (κ3) is 2.50. The first-order valence-electron chi connectivity index (χ1n) is 8.64. The van der Waals surface area contributed by atoms with Crippen molar-refractivity contribution in [2.45, 2.75) is 39.0 Å². The number of aryl methyl sites for hydroxylation is 1. The van der Waals surface area contributed by atoms with Crippen LogP contribution in [0.15, 0.2) is 24.3 Å². The molecule has 2 heteroatoms. The lowest BCUT2D eigenvalue weighted by Gasteiger charge is -2.37. The number of rotatable bonds is 1. The van der Waals surface area contributed by atoms with Crippen molar-refractivity contribution in [3.63, 3.8) is 0 Å². The van der Waals surface area contributed by atoms with Gasteiger partial charge in [-0.05, 0) is 49.1 Å². The van der Waals surface area contributed by atoms with Crippen LogP contribution in [0.3, 0.4) is 0 Å². The maximum Gasteiger partial charge on any atom is 0.0458 e. The summed E-state index contributed by atoms with van der Waals surface area (Å²) < 4.78 is 0. The van der Waals surface area contributed by atoms with E-state index in [2.05, 4.69) is 41.1 Å². The first kappa shape index (κ1) is 13.4. The lowest BCUT2D eigenvalue weighted by molar-refractivity contribution is 0.120. The zero-order valence-electron chi connectivity index (χ0n) is 13.1. The minimum Gasteiger partial charge on any atom is -0.358 e. The Hall–Kier alpha value is -1.28. The molecule has 2 aliphatic rings.